The van der Waals surface area contributed by atoms with Crippen molar-refractivity contribution in [3.8, 4) is 0 Å². The van der Waals surface area contributed by atoms with Crippen molar-refractivity contribution in [3.63, 3.8) is 0 Å². The van der Waals surface area contributed by atoms with E-state index in [1.165, 1.54) is 6.07 Å². The SMILES string of the molecule is Cc1ccc(C(C)NC(=O)c2c(CO)nn3c2N(Cc2cccc(C(F)(F)F)c2)CC3)cc1. The summed E-state index contributed by atoms with van der Waals surface area (Å²) in [5, 5.41) is 17.1. The molecule has 0 saturated heterocycles. The molecule has 4 rings (SSSR count). The van der Waals surface area contributed by atoms with Gasteiger partial charge in [0.2, 0.25) is 0 Å². The number of benzene rings is 2. The van der Waals surface area contributed by atoms with Crippen molar-refractivity contribution in [3.05, 3.63) is 82.0 Å². The first-order valence-electron chi connectivity index (χ1n) is 10.7. The lowest BCUT2D eigenvalue weighted by molar-refractivity contribution is -0.137. The molecule has 0 spiro atoms. The second-order valence-electron chi connectivity index (χ2n) is 8.25. The van der Waals surface area contributed by atoms with Gasteiger partial charge in [0.05, 0.1) is 24.8 Å². The fourth-order valence-electron chi connectivity index (χ4n) is 4.07. The Morgan fingerprint density at radius 1 is 1.18 bits per heavy atom. The van der Waals surface area contributed by atoms with Crippen molar-refractivity contribution in [2.24, 2.45) is 0 Å². The van der Waals surface area contributed by atoms with Crippen molar-refractivity contribution in [1.82, 2.24) is 15.1 Å². The summed E-state index contributed by atoms with van der Waals surface area (Å²) in [6, 6.07) is 12.7. The van der Waals surface area contributed by atoms with Gasteiger partial charge >= 0.3 is 6.18 Å². The molecule has 1 atom stereocenters. The number of halogens is 3. The topological polar surface area (TPSA) is 70.4 Å². The summed E-state index contributed by atoms with van der Waals surface area (Å²) in [6.45, 7) is 4.59. The van der Waals surface area contributed by atoms with Gasteiger partial charge in [-0.2, -0.15) is 18.3 Å². The van der Waals surface area contributed by atoms with Gasteiger partial charge in [0.1, 0.15) is 17.1 Å². The second kappa shape index (κ2) is 8.90. The summed E-state index contributed by atoms with van der Waals surface area (Å²) in [7, 11) is 0. The van der Waals surface area contributed by atoms with Crippen molar-refractivity contribution in [2.45, 2.75) is 45.8 Å². The number of aliphatic hydroxyl groups excluding tert-OH is 1. The maximum absolute atomic E-state index is 13.2. The van der Waals surface area contributed by atoms with Crippen LogP contribution in [0.5, 0.6) is 0 Å². The first-order chi connectivity index (χ1) is 15.7. The number of aromatic nitrogens is 2. The molecule has 0 bridgehead atoms. The number of carbonyl (C=O) groups is 1. The molecule has 2 heterocycles. The Balaban J connectivity index is 1.60. The van der Waals surface area contributed by atoms with Crippen LogP contribution in [0.1, 0.15) is 51.3 Å². The number of fused-ring (bicyclic) bond motifs is 1. The molecule has 2 N–H and O–H groups in total. The van der Waals surface area contributed by atoms with E-state index in [9.17, 15) is 23.1 Å². The molecule has 9 heteroatoms. The van der Waals surface area contributed by atoms with Crippen LogP contribution in [-0.4, -0.2) is 27.3 Å². The van der Waals surface area contributed by atoms with E-state index in [4.69, 9.17) is 0 Å². The fraction of sp³-hybridized carbons (Fsp3) is 0.333. The Labute approximate surface area is 189 Å². The third kappa shape index (κ3) is 4.73. The molecule has 0 aliphatic carbocycles. The quantitative estimate of drug-likeness (QED) is 0.581. The van der Waals surface area contributed by atoms with Crippen LogP contribution in [0.15, 0.2) is 48.5 Å². The van der Waals surface area contributed by atoms with Gasteiger partial charge in [0, 0.05) is 13.1 Å². The van der Waals surface area contributed by atoms with E-state index >= 15 is 0 Å². The zero-order valence-corrected chi connectivity index (χ0v) is 18.4. The van der Waals surface area contributed by atoms with Crippen LogP contribution in [0.25, 0.3) is 0 Å². The number of alkyl halides is 3. The number of nitrogens with one attached hydrogen (secondary N) is 1. The highest BCUT2D eigenvalue weighted by Crippen LogP contribution is 2.33. The largest absolute Gasteiger partial charge is 0.416 e. The van der Waals surface area contributed by atoms with Crippen molar-refractivity contribution in [1.29, 1.82) is 0 Å². The molecule has 3 aromatic rings. The number of hydrogen-bond donors (Lipinski definition) is 2. The monoisotopic (exact) mass is 458 g/mol. The number of amides is 1. The molecule has 0 fully saturated rings. The van der Waals surface area contributed by atoms with Crippen LogP contribution >= 0.6 is 0 Å². The Bertz CT molecular complexity index is 1160. The molecule has 1 aromatic heterocycles. The highest BCUT2D eigenvalue weighted by Gasteiger charge is 2.33. The summed E-state index contributed by atoms with van der Waals surface area (Å²) < 4.78 is 41.0. The molecule has 174 valence electrons. The molecular weight excluding hydrogens is 433 g/mol. The molecule has 6 nitrogen and oxygen atoms in total. The average Bonchev–Trinajstić information content (AvgIpc) is 3.33. The number of hydrogen-bond acceptors (Lipinski definition) is 4. The normalized spacial score (nSPS) is 14.3. The molecule has 0 radical (unpaired) electrons. The Hall–Kier alpha value is -3.33. The Morgan fingerprint density at radius 3 is 2.58 bits per heavy atom. The van der Waals surface area contributed by atoms with Crippen LogP contribution < -0.4 is 10.2 Å². The van der Waals surface area contributed by atoms with Gasteiger partial charge in [-0.3, -0.25) is 4.79 Å². The number of rotatable bonds is 6. The molecule has 2 aromatic carbocycles. The summed E-state index contributed by atoms with van der Waals surface area (Å²) in [5.41, 5.74) is 2.30. The molecule has 1 amide bonds. The first kappa shape index (κ1) is 22.8. The minimum atomic E-state index is -4.43. The van der Waals surface area contributed by atoms with Crippen LogP contribution in [-0.2, 0) is 25.9 Å². The molecule has 33 heavy (non-hydrogen) atoms. The van der Waals surface area contributed by atoms with Crippen LogP contribution in [0.2, 0.25) is 0 Å². The minimum Gasteiger partial charge on any atom is -0.390 e. The van der Waals surface area contributed by atoms with Crippen molar-refractivity contribution >= 4 is 11.7 Å². The van der Waals surface area contributed by atoms with E-state index in [2.05, 4.69) is 10.4 Å². The highest BCUT2D eigenvalue weighted by molar-refractivity contribution is 6.00. The summed E-state index contributed by atoms with van der Waals surface area (Å²) in [6.07, 6.45) is -4.43. The lowest BCUT2D eigenvalue weighted by Crippen LogP contribution is -2.30. The standard InChI is InChI=1S/C24H25F3N4O2/c1-15-6-8-18(9-7-15)16(2)28-22(33)21-20(14-32)29-31-11-10-30(23(21)31)13-17-4-3-5-19(12-17)24(25,26)27/h3-9,12,16,32H,10-11,13-14H2,1-2H3,(H,28,33). The highest BCUT2D eigenvalue weighted by atomic mass is 19.4. The van der Waals surface area contributed by atoms with E-state index < -0.39 is 18.3 Å². The molecular formula is C24H25F3N4O2. The Kier molecular flexibility index (Phi) is 6.16. The number of nitrogens with zero attached hydrogens (tertiary/aromatic N) is 3. The van der Waals surface area contributed by atoms with E-state index in [1.807, 2.05) is 43.0 Å². The summed E-state index contributed by atoms with van der Waals surface area (Å²) in [4.78, 5) is 15.1. The van der Waals surface area contributed by atoms with Gasteiger partial charge in [0.15, 0.2) is 0 Å². The van der Waals surface area contributed by atoms with Gasteiger partial charge in [-0.05, 0) is 37.1 Å². The predicted octanol–water partition coefficient (Wildman–Crippen LogP) is 4.21. The average molecular weight is 458 g/mol. The zero-order chi connectivity index (χ0) is 23.8. The van der Waals surface area contributed by atoms with Gasteiger partial charge in [-0.1, -0.05) is 42.0 Å². The molecule has 0 saturated carbocycles. The third-order valence-corrected chi connectivity index (χ3v) is 5.81. The molecule has 1 aliphatic heterocycles. The summed E-state index contributed by atoms with van der Waals surface area (Å²) in [5.74, 6) is 0.120. The molecule has 1 aliphatic rings. The number of aryl methyl sites for hydroxylation is 1. The third-order valence-electron chi connectivity index (χ3n) is 5.81. The van der Waals surface area contributed by atoms with E-state index in [0.717, 1.165) is 23.3 Å². The van der Waals surface area contributed by atoms with Crippen LogP contribution in [0.4, 0.5) is 19.0 Å². The van der Waals surface area contributed by atoms with E-state index in [-0.39, 0.29) is 29.8 Å². The number of aliphatic hydroxyl groups is 1. The lowest BCUT2D eigenvalue weighted by atomic mass is 10.1. The maximum atomic E-state index is 13.2. The number of carbonyl (C=O) groups excluding carboxylic acids is 1. The van der Waals surface area contributed by atoms with Gasteiger partial charge in [-0.25, -0.2) is 4.68 Å². The van der Waals surface area contributed by atoms with Gasteiger partial charge in [-0.15, -0.1) is 0 Å². The second-order valence-corrected chi connectivity index (χ2v) is 8.25. The van der Waals surface area contributed by atoms with Crippen molar-refractivity contribution in [2.75, 3.05) is 11.4 Å². The number of anilines is 1. The van der Waals surface area contributed by atoms with Gasteiger partial charge in [0.25, 0.3) is 5.91 Å². The maximum Gasteiger partial charge on any atom is 0.416 e. The fourth-order valence-corrected chi connectivity index (χ4v) is 4.07. The summed E-state index contributed by atoms with van der Waals surface area (Å²) >= 11 is 0. The minimum absolute atomic E-state index is 0.189. The smallest absolute Gasteiger partial charge is 0.390 e. The zero-order valence-electron chi connectivity index (χ0n) is 18.4. The first-order valence-corrected chi connectivity index (χ1v) is 10.7. The Morgan fingerprint density at radius 2 is 1.91 bits per heavy atom. The molecule has 1 unspecified atom stereocenters. The van der Waals surface area contributed by atoms with Gasteiger partial charge < -0.3 is 15.3 Å². The van der Waals surface area contributed by atoms with Crippen LogP contribution in [0.3, 0.4) is 0 Å². The van der Waals surface area contributed by atoms with Crippen LogP contribution in [0, 0.1) is 6.92 Å². The van der Waals surface area contributed by atoms with E-state index in [0.29, 0.717) is 24.5 Å². The lowest BCUT2D eigenvalue weighted by Gasteiger charge is -2.21. The van der Waals surface area contributed by atoms with Crippen molar-refractivity contribution < 1.29 is 23.1 Å². The predicted molar refractivity (Wildman–Crippen MR) is 118 cm³/mol. The van der Waals surface area contributed by atoms with E-state index in [1.54, 1.807) is 10.7 Å².